The van der Waals surface area contributed by atoms with E-state index in [-0.39, 0.29) is 5.82 Å². The molecule has 0 fully saturated rings. The largest absolute Gasteiger partial charge is 0.449 e. The van der Waals surface area contributed by atoms with Crippen LogP contribution < -0.4 is 0 Å². The Hall–Kier alpha value is -2.13. The van der Waals surface area contributed by atoms with Gasteiger partial charge in [0.2, 0.25) is 0 Å². The molecule has 0 radical (unpaired) electrons. The Morgan fingerprint density at radius 3 is 2.43 bits per heavy atom. The number of rotatable bonds is 4. The smallest absolute Gasteiger partial charge is 0.334 e. The molecule has 21 heavy (non-hydrogen) atoms. The maximum Gasteiger partial charge on any atom is 0.334 e. The number of benzene rings is 2. The van der Waals surface area contributed by atoms with Crippen molar-refractivity contribution in [2.75, 3.05) is 0 Å². The number of carbonyl (C=O) groups is 1. The normalized spacial score (nSPS) is 11.8. The number of hydrogen-bond acceptors (Lipinski definition) is 2. The van der Waals surface area contributed by atoms with Crippen molar-refractivity contribution in [2.24, 2.45) is 0 Å². The third-order valence-electron chi connectivity index (χ3n) is 2.90. The standard InChI is InChI=1S/C17H14ClFO2/c1-11(2)17(20)21-16(12-6-8-15(19)9-7-12)13-4-3-5-14(18)10-13/h3-10,16H,1H2,2H3. The first kappa shape index (κ1) is 15.3. The van der Waals surface area contributed by atoms with Crippen LogP contribution in [-0.4, -0.2) is 5.97 Å². The quantitative estimate of drug-likeness (QED) is 0.605. The third-order valence-corrected chi connectivity index (χ3v) is 3.13. The van der Waals surface area contributed by atoms with Gasteiger partial charge in [-0.25, -0.2) is 9.18 Å². The maximum absolute atomic E-state index is 13.1. The van der Waals surface area contributed by atoms with E-state index in [4.69, 9.17) is 16.3 Å². The molecule has 1 atom stereocenters. The number of halogens is 2. The molecule has 0 heterocycles. The fourth-order valence-electron chi connectivity index (χ4n) is 1.84. The molecule has 108 valence electrons. The lowest BCUT2D eigenvalue weighted by Gasteiger charge is -2.19. The van der Waals surface area contributed by atoms with E-state index in [1.807, 2.05) is 0 Å². The molecule has 0 aliphatic heterocycles. The summed E-state index contributed by atoms with van der Waals surface area (Å²) in [5, 5.41) is 0.533. The van der Waals surface area contributed by atoms with Crippen LogP contribution in [0.15, 0.2) is 60.7 Å². The van der Waals surface area contributed by atoms with Gasteiger partial charge in [0, 0.05) is 10.6 Å². The summed E-state index contributed by atoms with van der Waals surface area (Å²) in [4.78, 5) is 11.8. The van der Waals surface area contributed by atoms with Gasteiger partial charge in [-0.05, 0) is 42.3 Å². The lowest BCUT2D eigenvalue weighted by molar-refractivity contribution is -0.142. The van der Waals surface area contributed by atoms with Crippen molar-refractivity contribution in [1.29, 1.82) is 0 Å². The second-order valence-electron chi connectivity index (χ2n) is 4.67. The van der Waals surface area contributed by atoms with Crippen molar-refractivity contribution >= 4 is 17.6 Å². The molecule has 0 aliphatic carbocycles. The number of hydrogen-bond donors (Lipinski definition) is 0. The van der Waals surface area contributed by atoms with Crippen LogP contribution in [0.3, 0.4) is 0 Å². The molecule has 0 spiro atoms. The van der Waals surface area contributed by atoms with Gasteiger partial charge in [0.05, 0.1) is 0 Å². The predicted molar refractivity (Wildman–Crippen MR) is 80.6 cm³/mol. The first-order valence-electron chi connectivity index (χ1n) is 6.35. The van der Waals surface area contributed by atoms with Crippen LogP contribution in [0.25, 0.3) is 0 Å². The van der Waals surface area contributed by atoms with Crippen molar-refractivity contribution in [3.63, 3.8) is 0 Å². The van der Waals surface area contributed by atoms with Gasteiger partial charge in [-0.3, -0.25) is 0 Å². The molecular formula is C17H14ClFO2. The monoisotopic (exact) mass is 304 g/mol. The molecule has 2 aromatic carbocycles. The summed E-state index contributed by atoms with van der Waals surface area (Å²) in [6, 6.07) is 12.8. The van der Waals surface area contributed by atoms with Gasteiger partial charge >= 0.3 is 5.97 Å². The Morgan fingerprint density at radius 1 is 1.19 bits per heavy atom. The maximum atomic E-state index is 13.1. The van der Waals surface area contributed by atoms with Crippen molar-refractivity contribution in [3.05, 3.63) is 82.6 Å². The Labute approximate surface area is 127 Å². The summed E-state index contributed by atoms with van der Waals surface area (Å²) in [5.41, 5.74) is 1.67. The molecule has 2 rings (SSSR count). The molecule has 0 amide bonds. The van der Waals surface area contributed by atoms with Crippen molar-refractivity contribution in [3.8, 4) is 0 Å². The summed E-state index contributed by atoms with van der Waals surface area (Å²) < 4.78 is 18.5. The van der Waals surface area contributed by atoms with E-state index >= 15 is 0 Å². The Balaban J connectivity index is 2.41. The summed E-state index contributed by atoms with van der Waals surface area (Å²) in [7, 11) is 0. The van der Waals surface area contributed by atoms with E-state index in [1.54, 1.807) is 43.3 Å². The number of esters is 1. The molecule has 2 aromatic rings. The van der Waals surface area contributed by atoms with E-state index in [1.165, 1.54) is 12.1 Å². The van der Waals surface area contributed by atoms with Crippen LogP contribution in [0.2, 0.25) is 5.02 Å². The first-order valence-corrected chi connectivity index (χ1v) is 6.72. The fraction of sp³-hybridized carbons (Fsp3) is 0.118. The van der Waals surface area contributed by atoms with E-state index < -0.39 is 12.1 Å². The summed E-state index contributed by atoms with van der Waals surface area (Å²) >= 11 is 5.98. The topological polar surface area (TPSA) is 26.3 Å². The minimum absolute atomic E-state index is 0.295. The van der Waals surface area contributed by atoms with Gasteiger partial charge in [-0.1, -0.05) is 42.4 Å². The first-order chi connectivity index (χ1) is 9.97. The van der Waals surface area contributed by atoms with Crippen molar-refractivity contribution in [2.45, 2.75) is 13.0 Å². The van der Waals surface area contributed by atoms with Crippen LogP contribution in [0.5, 0.6) is 0 Å². The van der Waals surface area contributed by atoms with Crippen LogP contribution in [0, 0.1) is 5.82 Å². The summed E-state index contributed by atoms with van der Waals surface area (Å²) in [6.07, 6.45) is -0.659. The second-order valence-corrected chi connectivity index (χ2v) is 5.11. The van der Waals surface area contributed by atoms with E-state index in [0.29, 0.717) is 21.7 Å². The lowest BCUT2D eigenvalue weighted by Crippen LogP contribution is -2.13. The van der Waals surface area contributed by atoms with E-state index in [2.05, 4.69) is 6.58 Å². The summed E-state index contributed by atoms with van der Waals surface area (Å²) in [5.74, 6) is -0.862. The Morgan fingerprint density at radius 2 is 1.86 bits per heavy atom. The Bertz CT molecular complexity index is 665. The minimum atomic E-state index is -0.659. The number of ether oxygens (including phenoxy) is 1. The molecule has 0 aliphatic rings. The van der Waals surface area contributed by atoms with Gasteiger partial charge < -0.3 is 4.74 Å². The predicted octanol–water partition coefficient (Wildman–Crippen LogP) is 4.69. The molecule has 0 N–H and O–H groups in total. The highest BCUT2D eigenvalue weighted by molar-refractivity contribution is 6.30. The second kappa shape index (κ2) is 6.55. The van der Waals surface area contributed by atoms with Crippen molar-refractivity contribution < 1.29 is 13.9 Å². The highest BCUT2D eigenvalue weighted by atomic mass is 35.5. The number of carbonyl (C=O) groups excluding carboxylic acids is 1. The van der Waals surface area contributed by atoms with Crippen LogP contribution in [0.1, 0.15) is 24.2 Å². The van der Waals surface area contributed by atoms with Crippen LogP contribution in [0.4, 0.5) is 4.39 Å². The van der Waals surface area contributed by atoms with Crippen LogP contribution >= 0.6 is 11.6 Å². The molecule has 0 aromatic heterocycles. The zero-order valence-corrected chi connectivity index (χ0v) is 12.2. The molecule has 2 nitrogen and oxygen atoms in total. The van der Waals surface area contributed by atoms with Crippen LogP contribution in [-0.2, 0) is 9.53 Å². The van der Waals surface area contributed by atoms with Crippen molar-refractivity contribution in [1.82, 2.24) is 0 Å². The van der Waals surface area contributed by atoms with Gasteiger partial charge in [0.25, 0.3) is 0 Å². The third kappa shape index (κ3) is 3.92. The minimum Gasteiger partial charge on any atom is -0.449 e. The summed E-state index contributed by atoms with van der Waals surface area (Å²) in [6.45, 7) is 5.14. The van der Waals surface area contributed by atoms with Gasteiger partial charge in [0.15, 0.2) is 6.10 Å². The zero-order chi connectivity index (χ0) is 15.4. The molecule has 0 saturated heterocycles. The molecule has 1 unspecified atom stereocenters. The highest BCUT2D eigenvalue weighted by Gasteiger charge is 2.19. The average Bonchev–Trinajstić information content (AvgIpc) is 2.45. The molecule has 4 heteroatoms. The van der Waals surface area contributed by atoms with E-state index in [9.17, 15) is 9.18 Å². The van der Waals surface area contributed by atoms with Gasteiger partial charge in [-0.15, -0.1) is 0 Å². The Kier molecular flexibility index (Phi) is 4.76. The average molecular weight is 305 g/mol. The highest BCUT2D eigenvalue weighted by Crippen LogP contribution is 2.28. The molecule has 0 bridgehead atoms. The molecule has 0 saturated carbocycles. The van der Waals surface area contributed by atoms with Gasteiger partial charge in [-0.2, -0.15) is 0 Å². The lowest BCUT2D eigenvalue weighted by atomic mass is 10.0. The van der Waals surface area contributed by atoms with E-state index in [0.717, 1.165) is 0 Å². The fourth-order valence-corrected chi connectivity index (χ4v) is 2.04. The SMILES string of the molecule is C=C(C)C(=O)OC(c1ccc(F)cc1)c1cccc(Cl)c1. The van der Waals surface area contributed by atoms with Gasteiger partial charge in [0.1, 0.15) is 5.82 Å². The molecular weight excluding hydrogens is 291 g/mol. The zero-order valence-electron chi connectivity index (χ0n) is 11.5.